The summed E-state index contributed by atoms with van der Waals surface area (Å²) in [7, 11) is 0. The molecule has 0 spiro atoms. The fraction of sp³-hybridized carbons (Fsp3) is 0.731. The number of hydrogen-bond acceptors (Lipinski definition) is 6. The number of rotatable bonds is 15. The van der Waals surface area contributed by atoms with Crippen LogP contribution in [0.25, 0.3) is 0 Å². The number of Topliss-reactive ketones (excluding diaryl/α,β-unsaturated/α-hetero) is 1. The lowest BCUT2D eigenvalue weighted by atomic mass is 9.90. The van der Waals surface area contributed by atoms with Gasteiger partial charge in [0, 0.05) is 5.75 Å². The summed E-state index contributed by atoms with van der Waals surface area (Å²) in [6.07, 6.45) is 8.18. The van der Waals surface area contributed by atoms with Crippen molar-refractivity contribution in [2.45, 2.75) is 96.4 Å². The molecule has 1 fully saturated rings. The minimum atomic E-state index is -0.714. The molecule has 0 radical (unpaired) electrons. The molecule has 1 aliphatic rings. The molecule has 0 bridgehead atoms. The largest absolute Gasteiger partial charge is 0.449 e. The van der Waals surface area contributed by atoms with Gasteiger partial charge >= 0.3 is 6.09 Å². The molecule has 1 saturated carbocycles. The van der Waals surface area contributed by atoms with Crippen LogP contribution in [-0.2, 0) is 20.1 Å². The highest BCUT2D eigenvalue weighted by Crippen LogP contribution is 2.23. The summed E-state index contributed by atoms with van der Waals surface area (Å²) in [6, 6.07) is 0.819. The van der Waals surface area contributed by atoms with E-state index in [9.17, 15) is 14.4 Å². The average molecular weight is 511 g/mol. The van der Waals surface area contributed by atoms with E-state index in [-0.39, 0.29) is 17.6 Å². The van der Waals surface area contributed by atoms with Crippen molar-refractivity contribution in [2.75, 3.05) is 12.4 Å². The van der Waals surface area contributed by atoms with E-state index >= 15 is 0 Å². The van der Waals surface area contributed by atoms with Crippen LogP contribution in [0.15, 0.2) is 16.8 Å². The van der Waals surface area contributed by atoms with Gasteiger partial charge in [-0.25, -0.2) is 4.79 Å². The van der Waals surface area contributed by atoms with Crippen LogP contribution < -0.4 is 10.6 Å². The summed E-state index contributed by atoms with van der Waals surface area (Å²) in [5.74, 6) is 1.50. The number of nitrogens with one attached hydrogen (secondary N) is 2. The van der Waals surface area contributed by atoms with Crippen molar-refractivity contribution >= 4 is 40.9 Å². The Morgan fingerprint density at radius 1 is 1.15 bits per heavy atom. The maximum absolute atomic E-state index is 13.1. The average Bonchev–Trinajstić information content (AvgIpc) is 3.33. The first kappa shape index (κ1) is 28.7. The van der Waals surface area contributed by atoms with E-state index in [1.165, 1.54) is 24.8 Å². The number of alkyl carbamates (subject to hydrolysis) is 1. The predicted octanol–water partition coefficient (Wildman–Crippen LogP) is 5.95. The van der Waals surface area contributed by atoms with E-state index < -0.39 is 18.2 Å². The summed E-state index contributed by atoms with van der Waals surface area (Å²) in [6.45, 7) is 6.49. The smallest absolute Gasteiger partial charge is 0.407 e. The second kappa shape index (κ2) is 16.2. The first-order chi connectivity index (χ1) is 16.4. The van der Waals surface area contributed by atoms with Gasteiger partial charge in [0.2, 0.25) is 5.91 Å². The zero-order valence-electron chi connectivity index (χ0n) is 21.0. The number of thioether (sulfide) groups is 1. The van der Waals surface area contributed by atoms with Gasteiger partial charge in [0.25, 0.3) is 0 Å². The Hall–Kier alpha value is -1.54. The SMILES string of the molecule is CCCC[C@H](NC(=O)[C@H](CC(C)C)NC(=O)OCC1CCCCC1)C(=O)CSCc1ccsc1. The van der Waals surface area contributed by atoms with Crippen molar-refractivity contribution in [2.24, 2.45) is 11.8 Å². The molecule has 2 rings (SSSR count). The molecule has 192 valence electrons. The van der Waals surface area contributed by atoms with Gasteiger partial charge in [-0.15, -0.1) is 11.8 Å². The van der Waals surface area contributed by atoms with Crippen LogP contribution in [0.4, 0.5) is 4.79 Å². The lowest BCUT2D eigenvalue weighted by molar-refractivity contribution is -0.128. The summed E-state index contributed by atoms with van der Waals surface area (Å²) in [4.78, 5) is 38.5. The maximum Gasteiger partial charge on any atom is 0.407 e. The molecule has 1 aliphatic carbocycles. The normalized spacial score (nSPS) is 16.1. The lowest BCUT2D eigenvalue weighted by Crippen LogP contribution is -2.52. The number of ether oxygens (including phenoxy) is 1. The number of thiophene rings is 1. The first-order valence-corrected chi connectivity index (χ1v) is 14.8. The van der Waals surface area contributed by atoms with E-state index in [1.54, 1.807) is 23.1 Å². The molecule has 0 aromatic carbocycles. The molecule has 0 aliphatic heterocycles. The highest BCUT2D eigenvalue weighted by Gasteiger charge is 2.28. The lowest BCUT2D eigenvalue weighted by Gasteiger charge is -2.25. The van der Waals surface area contributed by atoms with Gasteiger partial charge < -0.3 is 15.4 Å². The van der Waals surface area contributed by atoms with Gasteiger partial charge in [-0.1, -0.05) is 52.9 Å². The van der Waals surface area contributed by atoms with Crippen molar-refractivity contribution in [3.05, 3.63) is 22.4 Å². The molecule has 2 N–H and O–H groups in total. The van der Waals surface area contributed by atoms with Crippen LogP contribution in [-0.4, -0.2) is 42.2 Å². The molecule has 1 aromatic rings. The molecular weight excluding hydrogens is 468 g/mol. The molecule has 6 nitrogen and oxygen atoms in total. The van der Waals surface area contributed by atoms with Crippen molar-refractivity contribution in [3.8, 4) is 0 Å². The second-order valence-electron chi connectivity index (χ2n) is 9.72. The minimum absolute atomic E-state index is 0.0326. The number of hydrogen-bond donors (Lipinski definition) is 2. The molecule has 8 heteroatoms. The summed E-state index contributed by atoms with van der Waals surface area (Å²) in [5, 5.41) is 9.82. The molecular formula is C26H42N2O4S2. The van der Waals surface area contributed by atoms with Gasteiger partial charge in [-0.05, 0) is 59.9 Å². The quantitative estimate of drug-likeness (QED) is 0.305. The standard InChI is InChI=1S/C26H42N2O4S2/c1-4-5-11-22(24(29)18-34-17-21-12-13-33-16-21)27-25(30)23(14-19(2)3)28-26(31)32-15-20-9-7-6-8-10-20/h12-13,16,19-20,22-23H,4-11,14-15,17-18H2,1-3H3,(H,27,30)(H,28,31)/t22-,23-/m0/s1. The molecule has 1 heterocycles. The monoisotopic (exact) mass is 510 g/mol. The number of carbonyl (C=O) groups excluding carboxylic acids is 3. The fourth-order valence-corrected chi connectivity index (χ4v) is 5.87. The Morgan fingerprint density at radius 3 is 2.56 bits per heavy atom. The van der Waals surface area contributed by atoms with Gasteiger partial charge in [-0.2, -0.15) is 11.3 Å². The summed E-state index contributed by atoms with van der Waals surface area (Å²) < 4.78 is 5.45. The van der Waals surface area contributed by atoms with Crippen molar-refractivity contribution in [3.63, 3.8) is 0 Å². The Labute approximate surface area is 213 Å². The van der Waals surface area contributed by atoms with Crippen LogP contribution in [0.3, 0.4) is 0 Å². The Bertz CT molecular complexity index is 733. The Kier molecular flexibility index (Phi) is 13.7. The third kappa shape index (κ3) is 11.3. The van der Waals surface area contributed by atoms with Crippen molar-refractivity contribution in [1.29, 1.82) is 0 Å². The molecule has 2 amide bonds. The molecule has 0 unspecified atom stereocenters. The Balaban J connectivity index is 1.89. The fourth-order valence-electron chi connectivity index (χ4n) is 4.17. The van der Waals surface area contributed by atoms with Crippen LogP contribution in [0, 0.1) is 11.8 Å². The van der Waals surface area contributed by atoms with Gasteiger partial charge in [-0.3, -0.25) is 9.59 Å². The highest BCUT2D eigenvalue weighted by atomic mass is 32.2. The highest BCUT2D eigenvalue weighted by molar-refractivity contribution is 7.99. The topological polar surface area (TPSA) is 84.5 Å². The number of ketones is 1. The van der Waals surface area contributed by atoms with Crippen LogP contribution >= 0.6 is 23.1 Å². The van der Waals surface area contributed by atoms with Gasteiger partial charge in [0.1, 0.15) is 6.04 Å². The molecule has 0 saturated heterocycles. The Morgan fingerprint density at radius 2 is 1.91 bits per heavy atom. The van der Waals surface area contributed by atoms with E-state index in [4.69, 9.17) is 4.74 Å². The predicted molar refractivity (Wildman–Crippen MR) is 141 cm³/mol. The third-order valence-electron chi connectivity index (χ3n) is 6.14. The van der Waals surface area contributed by atoms with E-state index in [0.717, 1.165) is 31.4 Å². The van der Waals surface area contributed by atoms with Crippen LogP contribution in [0.1, 0.15) is 84.1 Å². The molecule has 34 heavy (non-hydrogen) atoms. The summed E-state index contributed by atoms with van der Waals surface area (Å²) >= 11 is 3.22. The maximum atomic E-state index is 13.1. The first-order valence-electron chi connectivity index (χ1n) is 12.7. The number of carbonyl (C=O) groups is 3. The minimum Gasteiger partial charge on any atom is -0.449 e. The van der Waals surface area contributed by atoms with Crippen molar-refractivity contribution in [1.82, 2.24) is 10.6 Å². The molecule has 2 atom stereocenters. The number of amides is 2. The van der Waals surface area contributed by atoms with Crippen LogP contribution in [0.2, 0.25) is 0 Å². The second-order valence-corrected chi connectivity index (χ2v) is 11.5. The zero-order chi connectivity index (χ0) is 24.8. The van der Waals surface area contributed by atoms with Gasteiger partial charge in [0.15, 0.2) is 5.78 Å². The van der Waals surface area contributed by atoms with E-state index in [0.29, 0.717) is 31.1 Å². The van der Waals surface area contributed by atoms with Gasteiger partial charge in [0.05, 0.1) is 18.4 Å². The van der Waals surface area contributed by atoms with E-state index in [2.05, 4.69) is 29.0 Å². The third-order valence-corrected chi connectivity index (χ3v) is 7.89. The van der Waals surface area contributed by atoms with Crippen LogP contribution in [0.5, 0.6) is 0 Å². The summed E-state index contributed by atoms with van der Waals surface area (Å²) in [5.41, 5.74) is 1.21. The van der Waals surface area contributed by atoms with Crippen molar-refractivity contribution < 1.29 is 19.1 Å². The van der Waals surface area contributed by atoms with E-state index in [1.807, 2.05) is 19.2 Å². The zero-order valence-corrected chi connectivity index (χ0v) is 22.6. The molecule has 1 aromatic heterocycles. The number of unbranched alkanes of at least 4 members (excludes halogenated alkanes) is 1.